The molecule has 0 saturated carbocycles. The van der Waals surface area contributed by atoms with Crippen LogP contribution in [0, 0.1) is 5.92 Å². The highest BCUT2D eigenvalue weighted by Gasteiger charge is 2.12. The van der Waals surface area contributed by atoms with Crippen LogP contribution in [0.3, 0.4) is 0 Å². The lowest BCUT2D eigenvalue weighted by Gasteiger charge is -2.15. The molecule has 1 unspecified atom stereocenters. The third kappa shape index (κ3) is 3.91. The molecule has 0 amide bonds. The zero-order chi connectivity index (χ0) is 13.7. The standard InChI is InChI=1S/C15H19BrN2O/c1-18-9-8-17-15(18)7-6-12(11-19)10-13-4-2-3-5-14(13)16/h2-5,8-9,12,19H,6-7,10-11H2,1H3. The molecule has 1 aromatic heterocycles. The number of rotatable bonds is 6. The fraction of sp³-hybridized carbons (Fsp3) is 0.400. The van der Waals surface area contributed by atoms with Crippen LogP contribution in [-0.2, 0) is 19.9 Å². The van der Waals surface area contributed by atoms with Gasteiger partial charge in [-0.25, -0.2) is 4.98 Å². The molecule has 4 heteroatoms. The topological polar surface area (TPSA) is 38.0 Å². The van der Waals surface area contributed by atoms with Gasteiger partial charge in [0.25, 0.3) is 0 Å². The van der Waals surface area contributed by atoms with Gasteiger partial charge in [-0.2, -0.15) is 0 Å². The Bertz CT molecular complexity index is 524. The maximum absolute atomic E-state index is 9.53. The second-order valence-corrected chi connectivity index (χ2v) is 5.69. The average Bonchev–Trinajstić information content (AvgIpc) is 2.82. The lowest BCUT2D eigenvalue weighted by molar-refractivity contribution is 0.217. The lowest BCUT2D eigenvalue weighted by atomic mass is 9.95. The SMILES string of the molecule is Cn1ccnc1CCC(CO)Cc1ccccc1Br. The van der Waals surface area contributed by atoms with Crippen molar-refractivity contribution in [1.82, 2.24) is 9.55 Å². The van der Waals surface area contributed by atoms with Crippen LogP contribution < -0.4 is 0 Å². The van der Waals surface area contributed by atoms with Crippen molar-refractivity contribution in [1.29, 1.82) is 0 Å². The Hall–Kier alpha value is -1.13. The van der Waals surface area contributed by atoms with Gasteiger partial charge in [-0.05, 0) is 30.4 Å². The lowest BCUT2D eigenvalue weighted by Crippen LogP contribution is -2.12. The molecule has 1 heterocycles. The number of benzene rings is 1. The van der Waals surface area contributed by atoms with Gasteiger partial charge in [0.05, 0.1) is 0 Å². The molecule has 0 spiro atoms. The normalized spacial score (nSPS) is 12.6. The van der Waals surface area contributed by atoms with Crippen molar-refractivity contribution in [2.45, 2.75) is 19.3 Å². The van der Waals surface area contributed by atoms with Gasteiger partial charge in [-0.3, -0.25) is 0 Å². The van der Waals surface area contributed by atoms with E-state index in [0.717, 1.165) is 29.6 Å². The minimum atomic E-state index is 0.214. The van der Waals surface area contributed by atoms with Crippen LogP contribution in [-0.4, -0.2) is 21.3 Å². The number of imidazole rings is 1. The van der Waals surface area contributed by atoms with E-state index in [1.165, 1.54) is 5.56 Å². The molecule has 3 nitrogen and oxygen atoms in total. The fourth-order valence-corrected chi connectivity index (χ4v) is 2.65. The molecule has 0 aliphatic carbocycles. The first-order valence-corrected chi connectivity index (χ1v) is 7.30. The Morgan fingerprint density at radius 2 is 2.16 bits per heavy atom. The molecule has 102 valence electrons. The Kier molecular flexibility index (Phi) is 5.16. The van der Waals surface area contributed by atoms with Gasteiger partial charge in [0.2, 0.25) is 0 Å². The van der Waals surface area contributed by atoms with Crippen molar-refractivity contribution in [3.05, 3.63) is 52.5 Å². The Labute approximate surface area is 122 Å². The molecule has 0 bridgehead atoms. The predicted octanol–water partition coefficient (Wildman–Crippen LogP) is 2.97. The molecular weight excluding hydrogens is 304 g/mol. The second kappa shape index (κ2) is 6.87. The molecule has 19 heavy (non-hydrogen) atoms. The molecule has 0 aliphatic heterocycles. The van der Waals surface area contributed by atoms with E-state index < -0.39 is 0 Å². The van der Waals surface area contributed by atoms with Crippen molar-refractivity contribution in [2.75, 3.05) is 6.61 Å². The maximum Gasteiger partial charge on any atom is 0.108 e. The number of aliphatic hydroxyl groups is 1. The minimum absolute atomic E-state index is 0.214. The van der Waals surface area contributed by atoms with E-state index in [9.17, 15) is 5.11 Å². The zero-order valence-electron chi connectivity index (χ0n) is 11.1. The largest absolute Gasteiger partial charge is 0.396 e. The molecule has 0 saturated heterocycles. The summed E-state index contributed by atoms with van der Waals surface area (Å²) in [7, 11) is 2.00. The molecule has 1 N–H and O–H groups in total. The third-order valence-electron chi connectivity index (χ3n) is 3.42. The predicted molar refractivity (Wildman–Crippen MR) is 80.0 cm³/mol. The summed E-state index contributed by atoms with van der Waals surface area (Å²) < 4.78 is 3.15. The van der Waals surface area contributed by atoms with E-state index in [-0.39, 0.29) is 12.5 Å². The van der Waals surface area contributed by atoms with E-state index in [1.807, 2.05) is 42.2 Å². The molecule has 1 aromatic carbocycles. The summed E-state index contributed by atoms with van der Waals surface area (Å²) >= 11 is 3.56. The summed E-state index contributed by atoms with van der Waals surface area (Å²) in [5.41, 5.74) is 1.25. The number of hydrogen-bond donors (Lipinski definition) is 1. The highest BCUT2D eigenvalue weighted by Crippen LogP contribution is 2.21. The molecule has 0 radical (unpaired) electrons. The van der Waals surface area contributed by atoms with Crippen molar-refractivity contribution in [2.24, 2.45) is 13.0 Å². The van der Waals surface area contributed by atoms with Gasteiger partial charge in [0.1, 0.15) is 5.82 Å². The molecule has 0 fully saturated rings. The number of aromatic nitrogens is 2. The van der Waals surface area contributed by atoms with Crippen molar-refractivity contribution in [3.63, 3.8) is 0 Å². The van der Waals surface area contributed by atoms with E-state index in [1.54, 1.807) is 0 Å². The first-order chi connectivity index (χ1) is 9.20. The highest BCUT2D eigenvalue weighted by molar-refractivity contribution is 9.10. The summed E-state index contributed by atoms with van der Waals surface area (Å²) in [6.07, 6.45) is 6.51. The van der Waals surface area contributed by atoms with Crippen LogP contribution in [0.15, 0.2) is 41.1 Å². The second-order valence-electron chi connectivity index (χ2n) is 4.84. The minimum Gasteiger partial charge on any atom is -0.396 e. The third-order valence-corrected chi connectivity index (χ3v) is 4.20. The van der Waals surface area contributed by atoms with E-state index in [0.29, 0.717) is 0 Å². The summed E-state index contributed by atoms with van der Waals surface area (Å²) in [5.74, 6) is 1.35. The van der Waals surface area contributed by atoms with Crippen LogP contribution >= 0.6 is 15.9 Å². The van der Waals surface area contributed by atoms with Gasteiger partial charge in [0.15, 0.2) is 0 Å². The number of hydrogen-bond acceptors (Lipinski definition) is 2. The molecule has 0 aliphatic rings. The first kappa shape index (κ1) is 14.3. The first-order valence-electron chi connectivity index (χ1n) is 6.51. The number of nitrogens with zero attached hydrogens (tertiary/aromatic N) is 2. The summed E-state index contributed by atoms with van der Waals surface area (Å²) in [6.45, 7) is 0.214. The summed E-state index contributed by atoms with van der Waals surface area (Å²) in [5, 5.41) is 9.53. The zero-order valence-corrected chi connectivity index (χ0v) is 12.7. The summed E-state index contributed by atoms with van der Waals surface area (Å²) in [6, 6.07) is 8.19. The molecule has 2 aromatic rings. The number of aliphatic hydroxyl groups excluding tert-OH is 1. The van der Waals surface area contributed by atoms with Crippen LogP contribution in [0.1, 0.15) is 17.8 Å². The highest BCUT2D eigenvalue weighted by atomic mass is 79.9. The quantitative estimate of drug-likeness (QED) is 0.887. The van der Waals surface area contributed by atoms with Crippen LogP contribution in [0.5, 0.6) is 0 Å². The average molecular weight is 323 g/mol. The van der Waals surface area contributed by atoms with Crippen molar-refractivity contribution >= 4 is 15.9 Å². The van der Waals surface area contributed by atoms with Gasteiger partial charge < -0.3 is 9.67 Å². The Balaban J connectivity index is 1.94. The van der Waals surface area contributed by atoms with Crippen LogP contribution in [0.4, 0.5) is 0 Å². The van der Waals surface area contributed by atoms with Crippen LogP contribution in [0.2, 0.25) is 0 Å². The molecular formula is C15H19BrN2O. The molecule has 2 rings (SSSR count). The molecule has 1 atom stereocenters. The van der Waals surface area contributed by atoms with E-state index in [2.05, 4.69) is 27.0 Å². The Morgan fingerprint density at radius 3 is 2.79 bits per heavy atom. The van der Waals surface area contributed by atoms with E-state index >= 15 is 0 Å². The Morgan fingerprint density at radius 1 is 1.37 bits per heavy atom. The van der Waals surface area contributed by atoms with E-state index in [4.69, 9.17) is 0 Å². The summed E-state index contributed by atoms with van der Waals surface area (Å²) in [4.78, 5) is 4.32. The van der Waals surface area contributed by atoms with Gasteiger partial charge >= 0.3 is 0 Å². The van der Waals surface area contributed by atoms with Crippen molar-refractivity contribution in [3.8, 4) is 0 Å². The fourth-order valence-electron chi connectivity index (χ4n) is 2.20. The maximum atomic E-state index is 9.53. The van der Waals surface area contributed by atoms with Gasteiger partial charge in [-0.15, -0.1) is 0 Å². The monoisotopic (exact) mass is 322 g/mol. The van der Waals surface area contributed by atoms with Gasteiger partial charge in [0, 0.05) is 36.9 Å². The number of aryl methyl sites for hydroxylation is 2. The van der Waals surface area contributed by atoms with Crippen molar-refractivity contribution < 1.29 is 5.11 Å². The van der Waals surface area contributed by atoms with Gasteiger partial charge in [-0.1, -0.05) is 34.1 Å². The van der Waals surface area contributed by atoms with Crippen LogP contribution in [0.25, 0.3) is 0 Å². The number of halogens is 1. The smallest absolute Gasteiger partial charge is 0.108 e.